The number of hydrogen-bond donors (Lipinski definition) is 3. The first-order valence-corrected chi connectivity index (χ1v) is 29.1. The standard InChI is InChI=1S/C25H25F3N2O6.C14H20ClNO2.C11H13Cl2NO3.C5H12NO4P/c1-5-16-6-7-17(20(12-16)36-15(2)23(32)34-4)14-35-19-10-8-18(9-11-19)30-22(31)13-21(25(26,27)28)29(3)24(30)33;1-4-11-7-6-8-12(5-2)14(11)16(10-18-3)13(17)9-15;1-11(2)14(10(15)9(12)13)6-8(17-11)7-4-3-5-16-7;1-11(9,10)3-2-4(6)5(7)8/h6-13,15H,5,14H2,1-4H3;6-8H,4-5,9-10H2,1-3H3;3-5,8-9H,6H2,1-2H3;4H,2-3,6H2,1H3,(H,7,8)(H,9,10). The smallest absolute Gasteiger partial charge is 0.431 e. The van der Waals surface area contributed by atoms with Crippen LogP contribution in [0.15, 0.2) is 99.1 Å². The molecule has 2 aromatic heterocycles. The predicted molar refractivity (Wildman–Crippen MR) is 304 cm³/mol. The van der Waals surface area contributed by atoms with Crippen LogP contribution in [0.5, 0.6) is 11.5 Å². The number of aryl methyl sites for hydroxylation is 3. The molecular weight excluding hydrogens is 1160 g/mol. The number of carbonyl (C=O) groups is 4. The summed E-state index contributed by atoms with van der Waals surface area (Å²) in [5.41, 5.74) is 5.79. The van der Waals surface area contributed by atoms with Crippen LogP contribution < -0.4 is 31.4 Å². The Balaban J connectivity index is 0.000000320. The monoisotopic (exact) mass is 1230 g/mol. The zero-order valence-corrected chi connectivity index (χ0v) is 50.2. The van der Waals surface area contributed by atoms with Gasteiger partial charge in [0.05, 0.1) is 31.3 Å². The molecule has 20 nitrogen and oxygen atoms in total. The molecule has 3 heterocycles. The Morgan fingerprint density at radius 2 is 1.56 bits per heavy atom. The zero-order chi connectivity index (χ0) is 61.9. The maximum atomic E-state index is 13.1. The fourth-order valence-corrected chi connectivity index (χ4v) is 9.03. The van der Waals surface area contributed by atoms with Gasteiger partial charge in [-0.05, 0) is 106 Å². The SMILES string of the molecule is CC1(C)OC(c2ccco2)CN1C(=O)C(Cl)Cl.CCc1ccc(COc2ccc(-n3c(=O)cc(C(F)(F)F)n(C)c3=O)cc2)c(OC(C)C(=O)OC)c1.CCc1cccc(CC)c1N(COC)C(=O)CCl.CP(=O)(O)CCC(N)C(=O)O. The highest BCUT2D eigenvalue weighted by molar-refractivity contribution is 7.57. The Morgan fingerprint density at radius 3 is 2.05 bits per heavy atom. The molecule has 0 saturated carbocycles. The highest BCUT2D eigenvalue weighted by Crippen LogP contribution is 2.38. The summed E-state index contributed by atoms with van der Waals surface area (Å²) < 4.78 is 83.3. The van der Waals surface area contributed by atoms with E-state index in [1.165, 1.54) is 42.9 Å². The summed E-state index contributed by atoms with van der Waals surface area (Å²) in [7, 11) is 0.694. The van der Waals surface area contributed by atoms with Crippen molar-refractivity contribution in [2.45, 2.75) is 109 Å². The van der Waals surface area contributed by atoms with Crippen LogP contribution in [-0.4, -0.2) is 117 Å². The van der Waals surface area contributed by atoms with Gasteiger partial charge in [0.1, 0.15) is 60.0 Å². The molecule has 4 atom stereocenters. The van der Waals surface area contributed by atoms with E-state index in [9.17, 15) is 46.5 Å². The summed E-state index contributed by atoms with van der Waals surface area (Å²) in [6.45, 7) is 13.2. The van der Waals surface area contributed by atoms with Crippen LogP contribution in [0.2, 0.25) is 0 Å². The third-order valence-electron chi connectivity index (χ3n) is 12.3. The largest absolute Gasteiger partial charge is 0.489 e. The fraction of sp³-hybridized carbons (Fsp3) is 0.455. The summed E-state index contributed by atoms with van der Waals surface area (Å²) in [6.07, 6.45) is -1.87. The molecule has 1 fully saturated rings. The summed E-state index contributed by atoms with van der Waals surface area (Å²) in [6, 6.07) is 20.3. The molecule has 4 unspecified atom stereocenters. The number of rotatable bonds is 20. The van der Waals surface area contributed by atoms with E-state index in [1.54, 1.807) is 45.1 Å². The van der Waals surface area contributed by atoms with Crippen molar-refractivity contribution in [1.29, 1.82) is 0 Å². The van der Waals surface area contributed by atoms with Gasteiger partial charge in [0.15, 0.2) is 18.3 Å². The Labute approximate surface area is 488 Å². The van der Waals surface area contributed by atoms with Gasteiger partial charge in [0.25, 0.3) is 11.5 Å². The maximum absolute atomic E-state index is 13.1. The van der Waals surface area contributed by atoms with Crippen LogP contribution in [0.3, 0.4) is 0 Å². The molecule has 4 N–H and O–H groups in total. The number of carboxylic acid groups (broad SMARTS) is 1. The van der Waals surface area contributed by atoms with Gasteiger partial charge < -0.3 is 48.7 Å². The third kappa shape index (κ3) is 20.3. The summed E-state index contributed by atoms with van der Waals surface area (Å²) >= 11 is 16.9. The Kier molecular flexibility index (Phi) is 27.4. The number of methoxy groups -OCH3 is 2. The lowest BCUT2D eigenvalue weighted by molar-refractivity contribution is -0.148. The van der Waals surface area contributed by atoms with Crippen LogP contribution in [0, 0.1) is 0 Å². The van der Waals surface area contributed by atoms with Crippen LogP contribution in [0.4, 0.5) is 18.9 Å². The molecule has 1 aliphatic heterocycles. The molecule has 2 amide bonds. The van der Waals surface area contributed by atoms with E-state index in [0.29, 0.717) is 44.6 Å². The van der Waals surface area contributed by atoms with Gasteiger partial charge in [-0.15, -0.1) is 11.6 Å². The van der Waals surface area contributed by atoms with E-state index in [-0.39, 0.29) is 55.4 Å². The van der Waals surface area contributed by atoms with Gasteiger partial charge in [-0.3, -0.25) is 33.2 Å². The number of nitrogens with zero attached hydrogens (tertiary/aromatic N) is 4. The molecule has 1 saturated heterocycles. The quantitative estimate of drug-likeness (QED) is 0.0284. The van der Waals surface area contributed by atoms with Gasteiger partial charge in [-0.1, -0.05) is 74.3 Å². The predicted octanol–water partition coefficient (Wildman–Crippen LogP) is 9.03. The number of hydrogen-bond acceptors (Lipinski definition) is 14. The molecule has 6 rings (SSSR count). The van der Waals surface area contributed by atoms with Crippen molar-refractivity contribution in [2.24, 2.45) is 12.8 Å². The van der Waals surface area contributed by atoms with Crippen molar-refractivity contribution in [2.75, 3.05) is 51.1 Å². The minimum Gasteiger partial charge on any atom is -0.489 e. The first-order valence-electron chi connectivity index (χ1n) is 25.4. The molecule has 1 aliphatic rings. The van der Waals surface area contributed by atoms with Gasteiger partial charge >= 0.3 is 23.8 Å². The van der Waals surface area contributed by atoms with Crippen molar-refractivity contribution in [3.05, 3.63) is 140 Å². The van der Waals surface area contributed by atoms with Gasteiger partial charge in [-0.25, -0.2) is 14.2 Å². The highest BCUT2D eigenvalue weighted by atomic mass is 35.5. The average molecular weight is 1240 g/mol. The summed E-state index contributed by atoms with van der Waals surface area (Å²) in [4.78, 5) is 81.2. The number of halogens is 6. The Morgan fingerprint density at radius 1 is 0.939 bits per heavy atom. The van der Waals surface area contributed by atoms with E-state index in [4.69, 9.17) is 78.6 Å². The number of ether oxygens (including phenoxy) is 5. The number of amides is 2. The Hall–Kier alpha value is -6.17. The van der Waals surface area contributed by atoms with E-state index in [0.717, 1.165) is 48.7 Å². The van der Waals surface area contributed by atoms with Crippen LogP contribution in [-0.2, 0) is 77.0 Å². The van der Waals surface area contributed by atoms with E-state index < -0.39 is 65.1 Å². The molecule has 452 valence electrons. The van der Waals surface area contributed by atoms with Gasteiger partial charge in [-0.2, -0.15) is 13.2 Å². The molecule has 0 spiro atoms. The number of carboxylic acids is 1. The minimum atomic E-state index is -4.84. The molecule has 0 radical (unpaired) electrons. The molecule has 5 aromatic rings. The molecule has 27 heteroatoms. The molecular formula is C55H70Cl3F3N5O15P. The lowest BCUT2D eigenvalue weighted by atomic mass is 10.0. The lowest BCUT2D eigenvalue weighted by Crippen LogP contribution is -2.45. The second-order valence-corrected chi connectivity index (χ2v) is 22.6. The molecule has 0 aliphatic carbocycles. The first-order chi connectivity index (χ1) is 38.4. The number of furan rings is 1. The second kappa shape index (κ2) is 32.0. The number of benzene rings is 3. The lowest BCUT2D eigenvalue weighted by Gasteiger charge is -2.29. The van der Waals surface area contributed by atoms with E-state index in [2.05, 4.69) is 13.8 Å². The Bertz CT molecular complexity index is 3060. The highest BCUT2D eigenvalue weighted by Gasteiger charge is 2.45. The summed E-state index contributed by atoms with van der Waals surface area (Å²) in [5, 5.41) is 8.28. The average Bonchev–Trinajstić information content (AvgIpc) is 4.12. The van der Waals surface area contributed by atoms with Crippen molar-refractivity contribution in [3.63, 3.8) is 0 Å². The third-order valence-corrected chi connectivity index (χ3v) is 14.0. The maximum Gasteiger partial charge on any atom is 0.431 e. The normalized spacial score (nSPS) is 15.0. The first kappa shape index (κ1) is 70.1. The van der Waals surface area contributed by atoms with Crippen LogP contribution >= 0.6 is 42.2 Å². The van der Waals surface area contributed by atoms with Crippen molar-refractivity contribution >= 4 is 71.6 Å². The number of aliphatic carboxylic acids is 1. The van der Waals surface area contributed by atoms with Crippen molar-refractivity contribution in [3.8, 4) is 17.2 Å². The molecule has 0 bridgehead atoms. The number of alkyl halides is 6. The molecule has 82 heavy (non-hydrogen) atoms. The van der Waals surface area contributed by atoms with Crippen molar-refractivity contribution < 1.29 is 75.0 Å². The number of aromatic nitrogens is 2. The number of carbonyl (C=O) groups excluding carboxylic acids is 3. The van der Waals surface area contributed by atoms with E-state index >= 15 is 0 Å². The zero-order valence-electron chi connectivity index (χ0n) is 47.0. The topological polar surface area (TPSA) is 262 Å². The van der Waals surface area contributed by atoms with Crippen LogP contribution in [0.25, 0.3) is 5.69 Å². The fourth-order valence-electron chi connectivity index (χ4n) is 7.90. The number of para-hydroxylation sites is 1. The van der Waals surface area contributed by atoms with Gasteiger partial charge in [0, 0.05) is 38.6 Å². The van der Waals surface area contributed by atoms with Crippen molar-refractivity contribution in [1.82, 2.24) is 14.0 Å². The minimum absolute atomic E-state index is 0.0371. The van der Waals surface area contributed by atoms with Crippen LogP contribution in [0.1, 0.15) is 87.8 Å². The van der Waals surface area contributed by atoms with Gasteiger partial charge in [0.2, 0.25) is 5.91 Å². The summed E-state index contributed by atoms with van der Waals surface area (Å²) in [5.74, 6) is -0.659. The second-order valence-electron chi connectivity index (χ2n) is 18.7. The number of esters is 1. The number of nitrogens with two attached hydrogens (primary N) is 1. The number of anilines is 1. The molecule has 3 aromatic carbocycles. The van der Waals surface area contributed by atoms with E-state index in [1.807, 2.05) is 49.4 Å².